The molecule has 1 aromatic rings. The van der Waals surface area contributed by atoms with E-state index in [1.807, 2.05) is 32.0 Å². The molecule has 0 fully saturated rings. The molecule has 1 heterocycles. The molecule has 3 nitrogen and oxygen atoms in total. The normalized spacial score (nSPS) is 14.0. The summed E-state index contributed by atoms with van der Waals surface area (Å²) in [7, 11) is 0. The molecule has 0 saturated heterocycles. The van der Waals surface area contributed by atoms with Gasteiger partial charge in [-0.2, -0.15) is 5.26 Å². The molecule has 0 spiro atoms. The fraction of sp³-hybridized carbons (Fsp3) is 0.455. The largest absolute Gasteiger partial charge is 0.348 e. The van der Waals surface area contributed by atoms with Crippen molar-refractivity contribution in [2.75, 3.05) is 0 Å². The van der Waals surface area contributed by atoms with Crippen LogP contribution in [0.5, 0.6) is 0 Å². The van der Waals surface area contributed by atoms with Crippen molar-refractivity contribution >= 4 is 17.2 Å². The molecule has 80 valence electrons. The van der Waals surface area contributed by atoms with Gasteiger partial charge < -0.3 is 5.32 Å². The second-order valence-electron chi connectivity index (χ2n) is 3.53. The van der Waals surface area contributed by atoms with Gasteiger partial charge >= 0.3 is 0 Å². The van der Waals surface area contributed by atoms with Crippen LogP contribution in [0.1, 0.15) is 29.6 Å². The summed E-state index contributed by atoms with van der Waals surface area (Å²) < 4.78 is 0. The Morgan fingerprint density at radius 1 is 1.53 bits per heavy atom. The van der Waals surface area contributed by atoms with E-state index in [4.69, 9.17) is 5.26 Å². The third-order valence-electron chi connectivity index (χ3n) is 2.13. The third-order valence-corrected chi connectivity index (χ3v) is 3.32. The summed E-state index contributed by atoms with van der Waals surface area (Å²) in [6.45, 7) is 5.55. The number of aryl methyl sites for hydroxylation is 1. The van der Waals surface area contributed by atoms with Gasteiger partial charge in [-0.15, -0.1) is 11.3 Å². The minimum atomic E-state index is -0.589. The van der Waals surface area contributed by atoms with E-state index in [1.54, 1.807) is 18.3 Å². The maximum Gasteiger partial charge on any atom is 0.237 e. The molecule has 0 aromatic carbocycles. The molecule has 1 aromatic heterocycles. The molecule has 1 N–H and O–H groups in total. The minimum absolute atomic E-state index is 0.0213. The van der Waals surface area contributed by atoms with E-state index in [2.05, 4.69) is 5.32 Å². The molecule has 2 atom stereocenters. The lowest BCUT2D eigenvalue weighted by molar-refractivity contribution is -0.123. The molecule has 15 heavy (non-hydrogen) atoms. The van der Waals surface area contributed by atoms with Gasteiger partial charge in [0, 0.05) is 9.75 Å². The first kappa shape index (κ1) is 11.7. The summed E-state index contributed by atoms with van der Waals surface area (Å²) in [6.07, 6.45) is 0. The molecule has 0 radical (unpaired) electrons. The first-order chi connectivity index (χ1) is 7.04. The number of nitrogens with zero attached hydrogens (tertiary/aromatic N) is 1. The van der Waals surface area contributed by atoms with Gasteiger partial charge in [0.1, 0.15) is 5.92 Å². The van der Waals surface area contributed by atoms with Crippen molar-refractivity contribution in [3.05, 3.63) is 21.9 Å². The summed E-state index contributed by atoms with van der Waals surface area (Å²) in [5.41, 5.74) is 0. The Balaban J connectivity index is 2.61. The third kappa shape index (κ3) is 3.07. The van der Waals surface area contributed by atoms with Crippen LogP contribution < -0.4 is 5.32 Å². The maximum atomic E-state index is 11.4. The van der Waals surface area contributed by atoms with Crippen LogP contribution in [0, 0.1) is 24.2 Å². The fourth-order valence-corrected chi connectivity index (χ4v) is 2.03. The summed E-state index contributed by atoms with van der Waals surface area (Å²) >= 11 is 1.66. The van der Waals surface area contributed by atoms with Crippen molar-refractivity contribution in [2.24, 2.45) is 5.92 Å². The summed E-state index contributed by atoms with van der Waals surface area (Å²) in [6, 6.07) is 5.92. The Morgan fingerprint density at radius 3 is 2.67 bits per heavy atom. The molecule has 2 unspecified atom stereocenters. The fourth-order valence-electron chi connectivity index (χ4n) is 1.15. The van der Waals surface area contributed by atoms with Crippen LogP contribution >= 0.6 is 11.3 Å². The number of carbonyl (C=O) groups excluding carboxylic acids is 1. The predicted molar refractivity (Wildman–Crippen MR) is 60.4 cm³/mol. The van der Waals surface area contributed by atoms with E-state index >= 15 is 0 Å². The number of hydrogen-bond donors (Lipinski definition) is 1. The predicted octanol–water partition coefficient (Wildman–Crippen LogP) is 2.39. The van der Waals surface area contributed by atoms with Crippen molar-refractivity contribution < 1.29 is 4.79 Å². The van der Waals surface area contributed by atoms with Gasteiger partial charge in [0.05, 0.1) is 12.1 Å². The monoisotopic (exact) mass is 222 g/mol. The number of carbonyl (C=O) groups is 1. The van der Waals surface area contributed by atoms with Gasteiger partial charge in [-0.1, -0.05) is 0 Å². The Bertz CT molecular complexity index is 392. The summed E-state index contributed by atoms with van der Waals surface area (Å²) in [5.74, 6) is -0.801. The molecule has 1 rings (SSSR count). The molecular formula is C11H14N2OS. The van der Waals surface area contributed by atoms with E-state index in [9.17, 15) is 4.79 Å². The molecular weight excluding hydrogens is 208 g/mol. The molecule has 1 amide bonds. The highest BCUT2D eigenvalue weighted by molar-refractivity contribution is 7.12. The van der Waals surface area contributed by atoms with Crippen molar-refractivity contribution in [2.45, 2.75) is 26.8 Å². The standard InChI is InChI=1S/C11H14N2OS/c1-7(6-12)11(14)13-9(3)10-5-4-8(2)15-10/h4-5,7,9H,1-3H3,(H,13,14). The zero-order valence-electron chi connectivity index (χ0n) is 9.07. The van der Waals surface area contributed by atoms with Crippen LogP contribution in [0.2, 0.25) is 0 Å². The van der Waals surface area contributed by atoms with Crippen LogP contribution in [0.3, 0.4) is 0 Å². The smallest absolute Gasteiger partial charge is 0.237 e. The highest BCUT2D eigenvalue weighted by atomic mass is 32.1. The Morgan fingerprint density at radius 2 is 2.20 bits per heavy atom. The lowest BCUT2D eigenvalue weighted by Gasteiger charge is -2.12. The van der Waals surface area contributed by atoms with Crippen molar-refractivity contribution in [1.82, 2.24) is 5.32 Å². The number of hydrogen-bond acceptors (Lipinski definition) is 3. The highest BCUT2D eigenvalue weighted by Gasteiger charge is 2.15. The number of nitrogens with one attached hydrogen (secondary N) is 1. The molecule has 0 aliphatic carbocycles. The number of rotatable bonds is 3. The second-order valence-corrected chi connectivity index (χ2v) is 4.85. The van der Waals surface area contributed by atoms with Crippen LogP contribution in [0.4, 0.5) is 0 Å². The first-order valence-corrected chi connectivity index (χ1v) is 5.62. The van der Waals surface area contributed by atoms with Gasteiger partial charge in [-0.25, -0.2) is 0 Å². The lowest BCUT2D eigenvalue weighted by atomic mass is 10.2. The quantitative estimate of drug-likeness (QED) is 0.853. The maximum absolute atomic E-state index is 11.4. The average molecular weight is 222 g/mol. The lowest BCUT2D eigenvalue weighted by Crippen LogP contribution is -2.30. The van der Waals surface area contributed by atoms with Gasteiger partial charge in [0.15, 0.2) is 0 Å². The van der Waals surface area contributed by atoms with E-state index in [1.165, 1.54) is 4.88 Å². The summed E-state index contributed by atoms with van der Waals surface area (Å²) in [5, 5.41) is 11.4. The molecule has 0 aliphatic heterocycles. The van der Waals surface area contributed by atoms with Gasteiger partial charge in [0.2, 0.25) is 5.91 Å². The van der Waals surface area contributed by atoms with E-state index in [0.717, 1.165) is 4.88 Å². The van der Waals surface area contributed by atoms with E-state index < -0.39 is 5.92 Å². The Hall–Kier alpha value is -1.34. The Labute approximate surface area is 93.7 Å². The van der Waals surface area contributed by atoms with Gasteiger partial charge in [-0.05, 0) is 32.9 Å². The Kier molecular flexibility index (Phi) is 3.87. The van der Waals surface area contributed by atoms with Gasteiger partial charge in [-0.3, -0.25) is 4.79 Å². The second kappa shape index (κ2) is 4.94. The zero-order valence-corrected chi connectivity index (χ0v) is 9.89. The number of amides is 1. The number of nitriles is 1. The first-order valence-electron chi connectivity index (χ1n) is 4.81. The topological polar surface area (TPSA) is 52.9 Å². The van der Waals surface area contributed by atoms with E-state index in [-0.39, 0.29) is 11.9 Å². The minimum Gasteiger partial charge on any atom is -0.348 e. The zero-order chi connectivity index (χ0) is 11.4. The van der Waals surface area contributed by atoms with Crippen molar-refractivity contribution in [3.8, 4) is 6.07 Å². The molecule has 4 heteroatoms. The van der Waals surface area contributed by atoms with Gasteiger partial charge in [0.25, 0.3) is 0 Å². The van der Waals surface area contributed by atoms with Crippen LogP contribution in [-0.2, 0) is 4.79 Å². The SMILES string of the molecule is Cc1ccc(C(C)NC(=O)C(C)C#N)s1. The van der Waals surface area contributed by atoms with Crippen molar-refractivity contribution in [1.29, 1.82) is 5.26 Å². The molecule has 0 aliphatic rings. The molecule has 0 saturated carbocycles. The number of thiophene rings is 1. The van der Waals surface area contributed by atoms with E-state index in [0.29, 0.717) is 0 Å². The molecule has 0 bridgehead atoms. The van der Waals surface area contributed by atoms with Crippen LogP contribution in [0.25, 0.3) is 0 Å². The van der Waals surface area contributed by atoms with Crippen molar-refractivity contribution in [3.63, 3.8) is 0 Å². The average Bonchev–Trinajstić information content (AvgIpc) is 2.63. The summed E-state index contributed by atoms with van der Waals surface area (Å²) in [4.78, 5) is 13.8. The highest BCUT2D eigenvalue weighted by Crippen LogP contribution is 2.22. The van der Waals surface area contributed by atoms with Crippen LogP contribution in [-0.4, -0.2) is 5.91 Å². The van der Waals surface area contributed by atoms with Crippen LogP contribution in [0.15, 0.2) is 12.1 Å².